The van der Waals surface area contributed by atoms with Gasteiger partial charge in [-0.05, 0) is 18.2 Å². The second-order valence-corrected chi connectivity index (χ2v) is 3.22. The molecule has 0 aliphatic carbocycles. The van der Waals surface area contributed by atoms with Crippen molar-refractivity contribution in [3.8, 4) is 0 Å². The molecule has 5 heteroatoms. The smallest absolute Gasteiger partial charge is 0.146 e. The van der Waals surface area contributed by atoms with E-state index >= 15 is 0 Å². The molecule has 0 aliphatic heterocycles. The second kappa shape index (κ2) is 4.65. The number of halogens is 2. The van der Waals surface area contributed by atoms with Crippen LogP contribution in [0, 0.1) is 11.6 Å². The summed E-state index contributed by atoms with van der Waals surface area (Å²) in [5.41, 5.74) is 0.926. The maximum Gasteiger partial charge on any atom is 0.146 e. The Bertz CT molecular complexity index is 474. The zero-order valence-electron chi connectivity index (χ0n) is 8.32. The summed E-state index contributed by atoms with van der Waals surface area (Å²) in [6.07, 6.45) is 4.63. The van der Waals surface area contributed by atoms with E-state index in [2.05, 4.69) is 15.3 Å². The van der Waals surface area contributed by atoms with Gasteiger partial charge in [0.15, 0.2) is 0 Å². The van der Waals surface area contributed by atoms with Gasteiger partial charge in [-0.2, -0.15) is 0 Å². The second-order valence-electron chi connectivity index (χ2n) is 3.22. The van der Waals surface area contributed by atoms with Crippen LogP contribution in [0.3, 0.4) is 0 Å². The minimum atomic E-state index is -0.488. The van der Waals surface area contributed by atoms with Crippen molar-refractivity contribution >= 4 is 5.69 Å². The number of nitrogens with zero attached hydrogens (tertiary/aromatic N) is 2. The summed E-state index contributed by atoms with van der Waals surface area (Å²) < 4.78 is 26.1. The van der Waals surface area contributed by atoms with Crippen molar-refractivity contribution in [1.29, 1.82) is 0 Å². The number of aromatic nitrogens is 2. The van der Waals surface area contributed by atoms with Crippen LogP contribution in [0.4, 0.5) is 14.5 Å². The molecule has 2 rings (SSSR count). The normalized spacial score (nSPS) is 10.1. The first kappa shape index (κ1) is 10.5. The molecule has 16 heavy (non-hydrogen) atoms. The molecule has 0 amide bonds. The minimum absolute atomic E-state index is 0.129. The van der Waals surface area contributed by atoms with Gasteiger partial charge in [-0.25, -0.2) is 18.7 Å². The molecule has 0 unspecified atom stereocenters. The van der Waals surface area contributed by atoms with Crippen LogP contribution in [-0.4, -0.2) is 9.97 Å². The lowest BCUT2D eigenvalue weighted by Crippen LogP contribution is -2.02. The fourth-order valence-corrected chi connectivity index (χ4v) is 1.25. The predicted molar refractivity (Wildman–Crippen MR) is 55.7 cm³/mol. The lowest BCUT2D eigenvalue weighted by molar-refractivity contribution is 0.602. The van der Waals surface area contributed by atoms with Crippen molar-refractivity contribution in [3.05, 3.63) is 54.1 Å². The van der Waals surface area contributed by atoms with E-state index in [9.17, 15) is 8.78 Å². The summed E-state index contributed by atoms with van der Waals surface area (Å²) >= 11 is 0. The van der Waals surface area contributed by atoms with Gasteiger partial charge in [0, 0.05) is 24.5 Å². The van der Waals surface area contributed by atoms with Gasteiger partial charge in [0.05, 0.1) is 5.69 Å². The zero-order chi connectivity index (χ0) is 11.4. The highest BCUT2D eigenvalue weighted by atomic mass is 19.1. The van der Waals surface area contributed by atoms with Crippen molar-refractivity contribution < 1.29 is 8.78 Å². The highest BCUT2D eigenvalue weighted by molar-refractivity contribution is 5.45. The van der Waals surface area contributed by atoms with Crippen molar-refractivity contribution in [1.82, 2.24) is 9.97 Å². The summed E-state index contributed by atoms with van der Waals surface area (Å²) in [6.45, 7) is 0.348. The summed E-state index contributed by atoms with van der Waals surface area (Å²) in [7, 11) is 0. The highest BCUT2D eigenvalue weighted by Crippen LogP contribution is 2.15. The first-order chi connectivity index (χ1) is 7.75. The third kappa shape index (κ3) is 2.50. The van der Waals surface area contributed by atoms with Gasteiger partial charge in [0.2, 0.25) is 0 Å². The molecule has 0 radical (unpaired) electrons. The number of hydrogen-bond acceptors (Lipinski definition) is 3. The molecule has 1 heterocycles. The quantitative estimate of drug-likeness (QED) is 0.864. The van der Waals surface area contributed by atoms with Crippen LogP contribution in [0.25, 0.3) is 0 Å². The minimum Gasteiger partial charge on any atom is -0.378 e. The maximum absolute atomic E-state index is 13.2. The zero-order valence-corrected chi connectivity index (χ0v) is 8.32. The molecule has 0 spiro atoms. The van der Waals surface area contributed by atoms with Gasteiger partial charge in [0.1, 0.15) is 18.0 Å². The molecular weight excluding hydrogens is 212 g/mol. The van der Waals surface area contributed by atoms with Crippen LogP contribution in [0.2, 0.25) is 0 Å². The third-order valence-electron chi connectivity index (χ3n) is 2.03. The Morgan fingerprint density at radius 1 is 1.12 bits per heavy atom. The fraction of sp³-hybridized carbons (Fsp3) is 0.0909. The van der Waals surface area contributed by atoms with E-state index in [1.54, 1.807) is 12.4 Å². The number of nitrogens with one attached hydrogen (secondary N) is 1. The molecule has 1 aromatic heterocycles. The fourth-order valence-electron chi connectivity index (χ4n) is 1.25. The van der Waals surface area contributed by atoms with Gasteiger partial charge in [0.25, 0.3) is 0 Å². The molecule has 0 atom stereocenters. The van der Waals surface area contributed by atoms with Crippen LogP contribution >= 0.6 is 0 Å². The summed E-state index contributed by atoms with van der Waals surface area (Å²) in [4.78, 5) is 7.64. The molecule has 3 nitrogen and oxygen atoms in total. The maximum atomic E-state index is 13.2. The molecule has 1 N–H and O–H groups in total. The van der Waals surface area contributed by atoms with E-state index in [1.165, 1.54) is 6.33 Å². The Hall–Kier alpha value is -2.04. The lowest BCUT2D eigenvalue weighted by Gasteiger charge is -2.06. The molecule has 0 saturated carbocycles. The molecule has 0 aliphatic rings. The molecule has 0 bridgehead atoms. The Balaban J connectivity index is 2.08. The van der Waals surface area contributed by atoms with E-state index in [0.29, 0.717) is 6.54 Å². The van der Waals surface area contributed by atoms with Gasteiger partial charge in [-0.15, -0.1) is 0 Å². The monoisotopic (exact) mass is 221 g/mol. The van der Waals surface area contributed by atoms with E-state index in [4.69, 9.17) is 0 Å². The van der Waals surface area contributed by atoms with E-state index < -0.39 is 11.6 Å². The first-order valence-electron chi connectivity index (χ1n) is 4.68. The topological polar surface area (TPSA) is 37.8 Å². The summed E-state index contributed by atoms with van der Waals surface area (Å²) in [5.74, 6) is -0.966. The van der Waals surface area contributed by atoms with Crippen LogP contribution < -0.4 is 5.32 Å². The van der Waals surface area contributed by atoms with E-state index in [-0.39, 0.29) is 5.69 Å². The SMILES string of the molecule is Fc1ccc(F)c(NCc2cncnc2)c1. The van der Waals surface area contributed by atoms with Crippen LogP contribution in [0.1, 0.15) is 5.56 Å². The number of rotatable bonds is 3. The van der Waals surface area contributed by atoms with Crippen molar-refractivity contribution in [3.63, 3.8) is 0 Å². The van der Waals surface area contributed by atoms with Gasteiger partial charge in [-0.1, -0.05) is 0 Å². The standard InChI is InChI=1S/C11H9F2N3/c12-9-1-2-10(13)11(3-9)16-6-8-4-14-7-15-5-8/h1-5,7,16H,6H2. The van der Waals surface area contributed by atoms with Gasteiger partial charge < -0.3 is 5.32 Å². The molecule has 2 aromatic rings. The van der Waals surface area contributed by atoms with Crippen molar-refractivity contribution in [2.75, 3.05) is 5.32 Å². The largest absolute Gasteiger partial charge is 0.378 e. The average molecular weight is 221 g/mol. The Morgan fingerprint density at radius 2 is 1.88 bits per heavy atom. The van der Waals surface area contributed by atoms with Gasteiger partial charge >= 0.3 is 0 Å². The van der Waals surface area contributed by atoms with Crippen molar-refractivity contribution in [2.45, 2.75) is 6.54 Å². The Kier molecular flexibility index (Phi) is 3.05. The molecule has 0 saturated heterocycles. The van der Waals surface area contributed by atoms with E-state index in [1.807, 2.05) is 0 Å². The first-order valence-corrected chi connectivity index (χ1v) is 4.68. The Labute approximate surface area is 91.2 Å². The predicted octanol–water partition coefficient (Wildman–Crippen LogP) is 2.37. The van der Waals surface area contributed by atoms with E-state index in [0.717, 1.165) is 23.8 Å². The average Bonchev–Trinajstić information content (AvgIpc) is 2.32. The van der Waals surface area contributed by atoms with Crippen LogP contribution in [0.15, 0.2) is 36.9 Å². The number of benzene rings is 1. The third-order valence-corrected chi connectivity index (χ3v) is 2.03. The highest BCUT2D eigenvalue weighted by Gasteiger charge is 2.03. The Morgan fingerprint density at radius 3 is 2.62 bits per heavy atom. The van der Waals surface area contributed by atoms with Crippen molar-refractivity contribution in [2.24, 2.45) is 0 Å². The summed E-state index contributed by atoms with van der Waals surface area (Å²) in [6, 6.07) is 3.27. The lowest BCUT2D eigenvalue weighted by atomic mass is 10.2. The summed E-state index contributed by atoms with van der Waals surface area (Å²) in [5, 5.41) is 2.78. The molecule has 82 valence electrons. The molecular formula is C11H9F2N3. The number of anilines is 1. The van der Waals surface area contributed by atoms with Crippen LogP contribution in [0.5, 0.6) is 0 Å². The molecule has 1 aromatic carbocycles. The number of hydrogen-bond donors (Lipinski definition) is 1. The van der Waals surface area contributed by atoms with Gasteiger partial charge in [-0.3, -0.25) is 0 Å². The van der Waals surface area contributed by atoms with Crippen LogP contribution in [-0.2, 0) is 6.54 Å². The molecule has 0 fully saturated rings.